The van der Waals surface area contributed by atoms with Crippen molar-refractivity contribution in [3.63, 3.8) is 0 Å². The standard InChI is InChI=1S/C28H30N4O4/c29-17-19-6-8-23-25(19)24(30-20-3-1-2-4-20)16-21(31-23)15-18-5-7-22(27-26(18)35-13-14-36-27)28(33)32-9-11-34-12-10-32/h5-7,16,20H,1-4,8-15H2,(H,30,31). The van der Waals surface area contributed by atoms with Crippen LogP contribution in [0.15, 0.2) is 24.3 Å². The van der Waals surface area contributed by atoms with Gasteiger partial charge in [0.15, 0.2) is 11.5 Å². The van der Waals surface area contributed by atoms with Gasteiger partial charge < -0.3 is 24.4 Å². The first-order valence-corrected chi connectivity index (χ1v) is 12.9. The molecule has 1 N–H and O–H groups in total. The number of morpholine rings is 1. The molecule has 1 saturated carbocycles. The number of carbonyl (C=O) groups is 1. The van der Waals surface area contributed by atoms with E-state index in [1.807, 2.05) is 18.2 Å². The third-order valence-corrected chi connectivity index (χ3v) is 7.42. The molecule has 1 aromatic carbocycles. The Labute approximate surface area is 210 Å². The lowest BCUT2D eigenvalue weighted by atomic mass is 10.0. The molecule has 6 rings (SSSR count). The summed E-state index contributed by atoms with van der Waals surface area (Å²) in [5.41, 5.74) is 5.96. The second-order valence-electron chi connectivity index (χ2n) is 9.75. The zero-order chi connectivity index (χ0) is 24.5. The van der Waals surface area contributed by atoms with Crippen LogP contribution in [0.3, 0.4) is 0 Å². The molecule has 186 valence electrons. The molecular formula is C28H30N4O4. The molecule has 0 unspecified atom stereocenters. The van der Waals surface area contributed by atoms with Gasteiger partial charge in [-0.05, 0) is 25.0 Å². The first-order chi connectivity index (χ1) is 17.7. The Hall–Kier alpha value is -3.57. The van der Waals surface area contributed by atoms with E-state index in [-0.39, 0.29) is 5.91 Å². The zero-order valence-corrected chi connectivity index (χ0v) is 20.3. The number of fused-ring (bicyclic) bond motifs is 2. The van der Waals surface area contributed by atoms with Crippen molar-refractivity contribution in [1.29, 1.82) is 5.26 Å². The number of hydrogen-bond donors (Lipinski definition) is 1. The molecule has 4 aliphatic rings. The van der Waals surface area contributed by atoms with Gasteiger partial charge in [-0.15, -0.1) is 0 Å². The number of hydrogen-bond acceptors (Lipinski definition) is 7. The summed E-state index contributed by atoms with van der Waals surface area (Å²) in [5.74, 6) is 1.10. The van der Waals surface area contributed by atoms with Gasteiger partial charge in [0.2, 0.25) is 0 Å². The molecule has 1 saturated heterocycles. The molecule has 3 heterocycles. The minimum absolute atomic E-state index is 0.0552. The quantitative estimate of drug-likeness (QED) is 0.688. The number of aromatic nitrogens is 1. The smallest absolute Gasteiger partial charge is 0.257 e. The monoisotopic (exact) mass is 486 g/mol. The van der Waals surface area contributed by atoms with Gasteiger partial charge in [0.25, 0.3) is 5.91 Å². The van der Waals surface area contributed by atoms with Crippen molar-refractivity contribution in [1.82, 2.24) is 9.88 Å². The Morgan fingerprint density at radius 1 is 1.11 bits per heavy atom. The van der Waals surface area contributed by atoms with Gasteiger partial charge in [0.1, 0.15) is 13.2 Å². The number of allylic oxidation sites excluding steroid dienone is 2. The van der Waals surface area contributed by atoms with E-state index in [0.717, 1.165) is 41.0 Å². The van der Waals surface area contributed by atoms with Gasteiger partial charge in [0, 0.05) is 54.5 Å². The van der Waals surface area contributed by atoms with Gasteiger partial charge in [-0.25, -0.2) is 0 Å². The van der Waals surface area contributed by atoms with Crippen molar-refractivity contribution in [2.75, 3.05) is 44.8 Å². The molecular weight excluding hydrogens is 456 g/mol. The Balaban J connectivity index is 1.32. The number of amides is 1. The number of carbonyl (C=O) groups excluding carboxylic acids is 1. The molecule has 36 heavy (non-hydrogen) atoms. The highest BCUT2D eigenvalue weighted by Crippen LogP contribution is 2.40. The first-order valence-electron chi connectivity index (χ1n) is 12.9. The molecule has 0 bridgehead atoms. The maximum Gasteiger partial charge on any atom is 0.257 e. The lowest BCUT2D eigenvalue weighted by molar-refractivity contribution is 0.0298. The van der Waals surface area contributed by atoms with E-state index >= 15 is 0 Å². The average Bonchev–Trinajstić information content (AvgIpc) is 3.59. The number of pyridine rings is 1. The highest BCUT2D eigenvalue weighted by atomic mass is 16.6. The third-order valence-electron chi connectivity index (χ3n) is 7.42. The molecule has 8 nitrogen and oxygen atoms in total. The second kappa shape index (κ2) is 9.82. The van der Waals surface area contributed by atoms with Gasteiger partial charge in [-0.3, -0.25) is 9.78 Å². The lowest BCUT2D eigenvalue weighted by Gasteiger charge is -2.29. The van der Waals surface area contributed by atoms with Crippen LogP contribution in [0.1, 0.15) is 58.6 Å². The predicted octanol–water partition coefficient (Wildman–Crippen LogP) is 3.73. The molecule has 1 amide bonds. The average molecular weight is 487 g/mol. The van der Waals surface area contributed by atoms with E-state index in [1.54, 1.807) is 4.90 Å². The second-order valence-corrected chi connectivity index (χ2v) is 9.75. The van der Waals surface area contributed by atoms with Gasteiger partial charge in [0.05, 0.1) is 36.1 Å². The number of anilines is 1. The van der Waals surface area contributed by atoms with Crippen LogP contribution in [-0.2, 0) is 17.6 Å². The van der Waals surface area contributed by atoms with Crippen LogP contribution in [-0.4, -0.2) is 61.3 Å². The van der Waals surface area contributed by atoms with E-state index in [1.165, 1.54) is 12.8 Å². The number of ether oxygens (including phenoxy) is 3. The summed E-state index contributed by atoms with van der Waals surface area (Å²) in [7, 11) is 0. The molecule has 2 aromatic rings. The van der Waals surface area contributed by atoms with Crippen LogP contribution >= 0.6 is 0 Å². The fraction of sp³-hybridized carbons (Fsp3) is 0.464. The molecule has 0 radical (unpaired) electrons. The van der Waals surface area contributed by atoms with Crippen LogP contribution in [0.2, 0.25) is 0 Å². The highest BCUT2D eigenvalue weighted by molar-refractivity contribution is 5.98. The Kier molecular flexibility index (Phi) is 6.24. The van der Waals surface area contributed by atoms with E-state index in [4.69, 9.17) is 19.2 Å². The predicted molar refractivity (Wildman–Crippen MR) is 134 cm³/mol. The summed E-state index contributed by atoms with van der Waals surface area (Å²) >= 11 is 0. The first kappa shape index (κ1) is 22.9. The number of nitrogens with one attached hydrogen (secondary N) is 1. The van der Waals surface area contributed by atoms with Crippen LogP contribution < -0.4 is 14.8 Å². The van der Waals surface area contributed by atoms with Crippen molar-refractivity contribution >= 4 is 17.2 Å². The topological polar surface area (TPSA) is 96.7 Å². The van der Waals surface area contributed by atoms with E-state index in [2.05, 4.69) is 17.5 Å². The molecule has 2 aliphatic carbocycles. The van der Waals surface area contributed by atoms with Gasteiger partial charge >= 0.3 is 0 Å². The summed E-state index contributed by atoms with van der Waals surface area (Å²) in [6.45, 7) is 3.10. The Morgan fingerprint density at radius 3 is 2.67 bits per heavy atom. The van der Waals surface area contributed by atoms with E-state index < -0.39 is 0 Å². The minimum atomic E-state index is -0.0552. The van der Waals surface area contributed by atoms with Crippen LogP contribution in [0, 0.1) is 11.3 Å². The van der Waals surface area contributed by atoms with E-state index in [9.17, 15) is 10.1 Å². The van der Waals surface area contributed by atoms with Crippen LogP contribution in [0.4, 0.5) is 5.69 Å². The fourth-order valence-electron chi connectivity index (χ4n) is 5.63. The highest BCUT2D eigenvalue weighted by Gasteiger charge is 2.29. The summed E-state index contributed by atoms with van der Waals surface area (Å²) in [6.07, 6.45) is 7.94. The van der Waals surface area contributed by atoms with Crippen LogP contribution in [0.25, 0.3) is 5.57 Å². The van der Waals surface area contributed by atoms with E-state index in [0.29, 0.717) is 81.0 Å². The summed E-state index contributed by atoms with van der Waals surface area (Å²) in [6, 6.07) is 8.66. The van der Waals surface area contributed by atoms with Gasteiger partial charge in [-0.1, -0.05) is 25.0 Å². The van der Waals surface area contributed by atoms with Crippen molar-refractivity contribution in [3.05, 3.63) is 52.4 Å². The summed E-state index contributed by atoms with van der Waals surface area (Å²) in [5, 5.41) is 13.4. The Morgan fingerprint density at radius 2 is 1.89 bits per heavy atom. The third kappa shape index (κ3) is 4.28. The largest absolute Gasteiger partial charge is 0.486 e. The number of benzene rings is 1. The molecule has 0 atom stereocenters. The van der Waals surface area contributed by atoms with Crippen molar-refractivity contribution in [3.8, 4) is 17.6 Å². The van der Waals surface area contributed by atoms with Crippen molar-refractivity contribution < 1.29 is 19.0 Å². The number of nitrogens with zero attached hydrogens (tertiary/aromatic N) is 3. The molecule has 0 spiro atoms. The maximum absolute atomic E-state index is 13.2. The Bertz CT molecular complexity index is 1250. The lowest BCUT2D eigenvalue weighted by Crippen LogP contribution is -2.41. The SMILES string of the molecule is N#CC1=CCc2nc(Cc3ccc(C(=O)N4CCOCC4)c4c3OCCO4)cc(NC3CCCC3)c21. The zero-order valence-electron chi connectivity index (χ0n) is 20.3. The normalized spacial score (nSPS) is 19.0. The molecule has 2 aliphatic heterocycles. The minimum Gasteiger partial charge on any atom is -0.486 e. The number of nitriles is 1. The molecule has 8 heteroatoms. The maximum atomic E-state index is 13.2. The van der Waals surface area contributed by atoms with Crippen molar-refractivity contribution in [2.45, 2.75) is 44.6 Å². The molecule has 1 aromatic heterocycles. The summed E-state index contributed by atoms with van der Waals surface area (Å²) in [4.78, 5) is 20.0. The van der Waals surface area contributed by atoms with Crippen molar-refractivity contribution in [2.24, 2.45) is 0 Å². The summed E-state index contributed by atoms with van der Waals surface area (Å²) < 4.78 is 17.4. The van der Waals surface area contributed by atoms with Gasteiger partial charge in [-0.2, -0.15) is 5.26 Å². The van der Waals surface area contributed by atoms with Crippen LogP contribution in [0.5, 0.6) is 11.5 Å². The number of rotatable bonds is 5. The fourth-order valence-corrected chi connectivity index (χ4v) is 5.63. The molecule has 2 fully saturated rings.